The molecule has 1 unspecified atom stereocenters. The third-order valence-electron chi connectivity index (χ3n) is 10.2. The molecule has 10 N–H and O–H groups in total. The Morgan fingerprint density at radius 2 is 1.16 bits per heavy atom. The number of aryl methyl sites for hydroxylation is 2. The van der Waals surface area contributed by atoms with Gasteiger partial charge in [-0.1, -0.05) is 32.0 Å². The Labute approximate surface area is 391 Å². The molecule has 68 heavy (non-hydrogen) atoms. The molecule has 1 fully saturated rings. The van der Waals surface area contributed by atoms with Gasteiger partial charge >= 0.3 is 23.9 Å². The Bertz CT molecular complexity index is 2390. The molecule has 3 amide bonds. The predicted molar refractivity (Wildman–Crippen MR) is 250 cm³/mol. The maximum atomic E-state index is 13.1. The number of aromatic amines is 1. The van der Waals surface area contributed by atoms with Crippen molar-refractivity contribution in [3.63, 3.8) is 0 Å². The van der Waals surface area contributed by atoms with Crippen LogP contribution in [0.1, 0.15) is 48.8 Å². The van der Waals surface area contributed by atoms with Gasteiger partial charge in [0.05, 0.1) is 38.1 Å². The Morgan fingerprint density at radius 1 is 0.691 bits per heavy atom. The monoisotopic (exact) mass is 948 g/mol. The van der Waals surface area contributed by atoms with E-state index in [4.69, 9.17) is 10.8 Å². The second kappa shape index (κ2) is 27.3. The van der Waals surface area contributed by atoms with E-state index in [-0.39, 0.29) is 121 Å². The molecule has 0 aliphatic carbocycles. The number of nitrogen functional groups attached to an aromatic ring is 1. The zero-order valence-electron chi connectivity index (χ0n) is 37.1. The van der Waals surface area contributed by atoms with Gasteiger partial charge in [-0.05, 0) is 56.2 Å². The van der Waals surface area contributed by atoms with Crippen LogP contribution < -0.4 is 27.2 Å². The van der Waals surface area contributed by atoms with Crippen LogP contribution in [0.25, 0.3) is 11.2 Å². The van der Waals surface area contributed by atoms with Crippen molar-refractivity contribution >= 4 is 70.1 Å². The van der Waals surface area contributed by atoms with Gasteiger partial charge in [0.15, 0.2) is 11.2 Å². The summed E-state index contributed by atoms with van der Waals surface area (Å²) >= 11 is 0. The van der Waals surface area contributed by atoms with Crippen molar-refractivity contribution in [2.45, 2.75) is 46.6 Å². The van der Waals surface area contributed by atoms with Crippen molar-refractivity contribution in [2.24, 2.45) is 0 Å². The number of carbonyl (C=O) groups is 7. The van der Waals surface area contributed by atoms with Gasteiger partial charge < -0.3 is 42.1 Å². The molecule has 2 aromatic heterocycles. The largest absolute Gasteiger partial charge is 0.481 e. The quantitative estimate of drug-likeness (QED) is 0.0696. The van der Waals surface area contributed by atoms with Gasteiger partial charge in [0.2, 0.25) is 17.8 Å². The molecule has 3 heterocycles. The molecule has 2 aromatic carbocycles. The lowest BCUT2D eigenvalue weighted by Crippen LogP contribution is -2.49. The van der Waals surface area contributed by atoms with E-state index in [1.165, 1.54) is 12.1 Å². The summed E-state index contributed by atoms with van der Waals surface area (Å²) in [4.78, 5) is 117. The number of amides is 3. The van der Waals surface area contributed by atoms with Gasteiger partial charge in [0.1, 0.15) is 6.04 Å². The Kier molecular flexibility index (Phi) is 22.0. The van der Waals surface area contributed by atoms with E-state index in [1.807, 2.05) is 13.8 Å². The minimum Gasteiger partial charge on any atom is -0.481 e. The van der Waals surface area contributed by atoms with Gasteiger partial charge in [0, 0.05) is 75.7 Å². The fourth-order valence-electron chi connectivity index (χ4n) is 6.68. The van der Waals surface area contributed by atoms with Crippen LogP contribution in [-0.2, 0) is 35.2 Å². The molecule has 368 valence electrons. The number of hydrogen-bond donors (Lipinski definition) is 9. The molecular weight excluding hydrogens is 889 g/mol. The molecule has 0 bridgehead atoms. The van der Waals surface area contributed by atoms with Crippen LogP contribution in [0.15, 0.2) is 59.5 Å². The number of nitrogens with two attached hydrogens (primary N) is 1. The minimum atomic E-state index is -1.14. The van der Waals surface area contributed by atoms with Crippen molar-refractivity contribution in [3.05, 3.63) is 81.9 Å². The number of anilines is 3. The van der Waals surface area contributed by atoms with E-state index in [2.05, 4.69) is 35.9 Å². The van der Waals surface area contributed by atoms with Crippen molar-refractivity contribution < 1.29 is 54.0 Å². The summed E-state index contributed by atoms with van der Waals surface area (Å²) in [6.07, 6.45) is 1.82. The zero-order valence-corrected chi connectivity index (χ0v) is 37.1. The van der Waals surface area contributed by atoms with E-state index in [1.54, 1.807) is 62.2 Å². The van der Waals surface area contributed by atoms with Crippen LogP contribution in [-0.4, -0.2) is 186 Å². The summed E-state index contributed by atoms with van der Waals surface area (Å²) in [7, 11) is 0. The lowest BCUT2D eigenvalue weighted by molar-refractivity contribution is -0.140. The highest BCUT2D eigenvalue weighted by molar-refractivity contribution is 6.01. The van der Waals surface area contributed by atoms with Crippen molar-refractivity contribution in [3.8, 4) is 0 Å². The normalized spacial score (nSPS) is 14.6. The third-order valence-corrected chi connectivity index (χ3v) is 10.2. The molecule has 1 atom stereocenters. The average Bonchev–Trinajstić information content (AvgIpc) is 3.26. The van der Waals surface area contributed by atoms with Crippen molar-refractivity contribution in [1.29, 1.82) is 0 Å². The maximum Gasteiger partial charge on any atom is 0.317 e. The number of aliphatic carboxylic acids is 4. The molecule has 1 aliphatic heterocycles. The van der Waals surface area contributed by atoms with Gasteiger partial charge in [-0.2, -0.15) is 4.98 Å². The molecule has 1 saturated heterocycles. The summed E-state index contributed by atoms with van der Waals surface area (Å²) in [6, 6.07) is 11.7. The second-order valence-corrected chi connectivity index (χ2v) is 15.6. The number of carbonyl (C=O) groups excluding carboxylic acids is 3. The predicted octanol–water partition coefficient (Wildman–Crippen LogP) is 0.505. The number of fused-ring (bicyclic) bond motifs is 1. The van der Waals surface area contributed by atoms with E-state index in [0.717, 1.165) is 17.7 Å². The van der Waals surface area contributed by atoms with E-state index >= 15 is 0 Å². The average molecular weight is 949 g/mol. The Balaban J connectivity index is 0.000000690. The number of H-pyrrole nitrogens is 1. The highest BCUT2D eigenvalue weighted by Gasteiger charge is 2.24. The first-order valence-electron chi connectivity index (χ1n) is 21.2. The lowest BCUT2D eigenvalue weighted by atomic mass is 10.1. The standard InChI is InChI=1S/C35H47N7O11.C8H9N5O.CH4/c1-24-2-4-25(5-3-24)34(52)38-28(10-11-30(44)45)35(53)37-27-8-6-26(7-9-27)36-29(43)20-39-12-14-40(21-31(46)47)16-18-42(23-33(50)51)19-17-41(15-13-39)22-32(48)49;1-2-4-3-10-6-5(11-4)7(14)13-8(9)12-6;/h2-9,28H,10-23H2,1H3,(H,36,43)(H,37,53)(H,38,52)(H,44,45)(H,46,47)(H,48,49)(H,50,51);3H,2H2,1H3,(H3,9,10,12,13,14);1H4. The van der Waals surface area contributed by atoms with E-state index < -0.39 is 47.6 Å². The van der Waals surface area contributed by atoms with Crippen molar-refractivity contribution in [2.75, 3.05) is 94.9 Å². The van der Waals surface area contributed by atoms with Crippen molar-refractivity contribution in [1.82, 2.24) is 44.9 Å². The fraction of sp³-hybridized carbons (Fsp3) is 0.432. The molecule has 5 rings (SSSR count). The minimum absolute atomic E-state index is 0. The van der Waals surface area contributed by atoms with Crippen LogP contribution in [0.5, 0.6) is 0 Å². The first-order chi connectivity index (χ1) is 31.9. The molecule has 0 spiro atoms. The van der Waals surface area contributed by atoms with Gasteiger partial charge in [-0.25, -0.2) is 9.97 Å². The SMILES string of the molecule is C.CCc1cnc2nc(N)[nH]c(=O)c2n1.Cc1ccc(C(=O)NC(CCC(=O)O)C(=O)Nc2ccc(NC(=O)CN3CCN(CC(=O)O)CCN(CC(=O)O)CCN(CC(=O)O)CC3)cc2)cc1. The van der Waals surface area contributed by atoms with Gasteiger partial charge in [-0.15, -0.1) is 0 Å². The first-order valence-corrected chi connectivity index (χ1v) is 21.2. The molecule has 1 aliphatic rings. The number of nitrogens with zero attached hydrogens (tertiary/aromatic N) is 7. The number of aromatic nitrogens is 4. The molecule has 0 radical (unpaired) electrons. The number of nitrogens with one attached hydrogen (secondary N) is 4. The molecule has 4 aromatic rings. The third kappa shape index (κ3) is 19.2. The lowest BCUT2D eigenvalue weighted by Gasteiger charge is -2.32. The zero-order chi connectivity index (χ0) is 49.0. The van der Waals surface area contributed by atoms with E-state index in [9.17, 15) is 53.7 Å². The van der Waals surface area contributed by atoms with Crippen LogP contribution in [0, 0.1) is 6.92 Å². The van der Waals surface area contributed by atoms with Crippen LogP contribution in [0.2, 0.25) is 0 Å². The maximum absolute atomic E-state index is 13.1. The number of rotatable bonds is 17. The number of carboxylic acids is 4. The smallest absolute Gasteiger partial charge is 0.317 e. The summed E-state index contributed by atoms with van der Waals surface area (Å²) in [5.74, 6) is -5.78. The highest BCUT2D eigenvalue weighted by Crippen LogP contribution is 2.16. The van der Waals surface area contributed by atoms with E-state index in [0.29, 0.717) is 16.9 Å². The summed E-state index contributed by atoms with van der Waals surface area (Å²) < 4.78 is 0. The second-order valence-electron chi connectivity index (χ2n) is 15.6. The molecule has 0 saturated carbocycles. The van der Waals surface area contributed by atoms with Crippen LogP contribution >= 0.6 is 0 Å². The Morgan fingerprint density at radius 3 is 1.62 bits per heavy atom. The molecule has 24 nitrogen and oxygen atoms in total. The fourth-order valence-corrected chi connectivity index (χ4v) is 6.68. The number of benzene rings is 2. The number of hydrogen-bond acceptors (Lipinski definition) is 16. The highest BCUT2D eigenvalue weighted by atomic mass is 16.4. The molecule has 24 heteroatoms. The summed E-state index contributed by atoms with van der Waals surface area (Å²) in [5.41, 5.74) is 8.27. The molecular formula is C44H60N12O12. The first kappa shape index (κ1) is 54.9. The van der Waals surface area contributed by atoms with Crippen LogP contribution in [0.3, 0.4) is 0 Å². The topological polar surface area (TPSA) is 347 Å². The summed E-state index contributed by atoms with van der Waals surface area (Å²) in [5, 5.41) is 45.4. The van der Waals surface area contributed by atoms with Crippen LogP contribution in [0.4, 0.5) is 17.3 Å². The number of carboxylic acid groups (broad SMARTS) is 4. The Hall–Kier alpha value is -7.41. The van der Waals surface area contributed by atoms with Gasteiger partial charge in [0.25, 0.3) is 11.5 Å². The van der Waals surface area contributed by atoms with Gasteiger partial charge in [-0.3, -0.25) is 62.9 Å². The summed E-state index contributed by atoms with van der Waals surface area (Å²) in [6.45, 7) is 4.93.